The number of nitrogens with zero attached hydrogens (tertiary/aromatic N) is 4. The number of halogens is 4. The van der Waals surface area contributed by atoms with Crippen LogP contribution in [0.1, 0.15) is 26.2 Å². The van der Waals surface area contributed by atoms with E-state index >= 15 is 0 Å². The smallest absolute Gasteiger partial charge is 0.377 e. The molecule has 0 aromatic carbocycles. The second-order valence-electron chi connectivity index (χ2n) is 7.87. The first-order valence-corrected chi connectivity index (χ1v) is 9.69. The molecule has 4 rings (SSSR count). The molecule has 1 aromatic rings. The lowest BCUT2D eigenvalue weighted by Crippen LogP contribution is -2.54. The van der Waals surface area contributed by atoms with Gasteiger partial charge in [0.05, 0.1) is 25.8 Å². The van der Waals surface area contributed by atoms with Gasteiger partial charge in [-0.05, 0) is 32.1 Å². The zero-order valence-corrected chi connectivity index (χ0v) is 15.7. The highest BCUT2D eigenvalue weighted by atomic mass is 19.4. The van der Waals surface area contributed by atoms with Crippen LogP contribution in [-0.2, 0) is 11.3 Å². The average molecular weight is 404 g/mol. The fraction of sp³-hybridized carbons (Fsp3) is 0.778. The second kappa shape index (κ2) is 7.20. The van der Waals surface area contributed by atoms with Crippen LogP contribution in [0.2, 0.25) is 0 Å². The molecule has 0 radical (unpaired) electrons. The van der Waals surface area contributed by atoms with Crippen molar-refractivity contribution in [2.75, 3.05) is 36.1 Å². The van der Waals surface area contributed by atoms with Gasteiger partial charge in [0.15, 0.2) is 0 Å². The molecule has 0 bridgehead atoms. The fourth-order valence-corrected chi connectivity index (χ4v) is 4.02. The first-order chi connectivity index (χ1) is 13.3. The van der Waals surface area contributed by atoms with E-state index in [0.717, 1.165) is 4.90 Å². The molecule has 0 spiro atoms. The van der Waals surface area contributed by atoms with Crippen molar-refractivity contribution in [1.29, 1.82) is 0 Å². The van der Waals surface area contributed by atoms with Crippen LogP contribution in [0.5, 0.6) is 0 Å². The number of hydrogen-bond acceptors (Lipinski definition) is 5. The van der Waals surface area contributed by atoms with Crippen LogP contribution in [0.3, 0.4) is 0 Å². The molecule has 1 saturated heterocycles. The number of ether oxygens (including phenoxy) is 1. The van der Waals surface area contributed by atoms with Crippen molar-refractivity contribution in [3.8, 4) is 0 Å². The molecule has 2 fully saturated rings. The molecule has 3 atom stereocenters. The number of rotatable bonds is 4. The van der Waals surface area contributed by atoms with Crippen molar-refractivity contribution in [1.82, 2.24) is 9.55 Å². The summed E-state index contributed by atoms with van der Waals surface area (Å²) in [6.07, 6.45) is -4.79. The normalized spacial score (nSPS) is 26.9. The average Bonchev–Trinajstić information content (AvgIpc) is 3.46. The Bertz CT molecular complexity index is 780. The van der Waals surface area contributed by atoms with Gasteiger partial charge in [-0.15, -0.1) is 0 Å². The molecule has 2 aliphatic heterocycles. The Hall–Kier alpha value is -1.84. The summed E-state index contributed by atoms with van der Waals surface area (Å²) in [7, 11) is 0. The lowest BCUT2D eigenvalue weighted by atomic mass is 10.1. The molecule has 3 heterocycles. The zero-order valence-electron chi connectivity index (χ0n) is 15.7. The standard InChI is InChI=1S/C18H24F4N4O2/c1-11-10-28-7-6-24(11)15-8-16(27)25-5-4-14(18(20,21)22)26(17(25)23-15)9-13(19)12-2-3-12/h8,11-14H,2-7,9-10H2,1H3/t11-,13-,14?/m1/s1. The topological polar surface area (TPSA) is 50.6 Å². The molecule has 10 heteroatoms. The molecule has 28 heavy (non-hydrogen) atoms. The van der Waals surface area contributed by atoms with Gasteiger partial charge in [0, 0.05) is 19.2 Å². The monoisotopic (exact) mass is 404 g/mol. The fourth-order valence-electron chi connectivity index (χ4n) is 4.02. The summed E-state index contributed by atoms with van der Waals surface area (Å²) in [6, 6.07) is -0.543. The zero-order chi connectivity index (χ0) is 20.1. The van der Waals surface area contributed by atoms with Gasteiger partial charge in [-0.25, -0.2) is 4.39 Å². The third kappa shape index (κ3) is 3.70. The van der Waals surface area contributed by atoms with E-state index in [4.69, 9.17) is 4.74 Å². The van der Waals surface area contributed by atoms with Gasteiger partial charge in [-0.1, -0.05) is 0 Å². The predicted octanol–water partition coefficient (Wildman–Crippen LogP) is 2.36. The Labute approximate surface area is 160 Å². The van der Waals surface area contributed by atoms with Gasteiger partial charge in [-0.2, -0.15) is 18.2 Å². The molecule has 3 aliphatic rings. The Morgan fingerprint density at radius 2 is 2.04 bits per heavy atom. The summed E-state index contributed by atoms with van der Waals surface area (Å²) < 4.78 is 62.1. The van der Waals surface area contributed by atoms with Crippen molar-refractivity contribution in [3.05, 3.63) is 16.4 Å². The van der Waals surface area contributed by atoms with Crippen molar-refractivity contribution < 1.29 is 22.3 Å². The van der Waals surface area contributed by atoms with Gasteiger partial charge in [0.2, 0.25) is 5.95 Å². The summed E-state index contributed by atoms with van der Waals surface area (Å²) in [5, 5.41) is 0. The number of anilines is 2. The third-order valence-electron chi connectivity index (χ3n) is 5.78. The van der Waals surface area contributed by atoms with Crippen LogP contribution in [0.25, 0.3) is 0 Å². The number of fused-ring (bicyclic) bond motifs is 1. The van der Waals surface area contributed by atoms with Crippen LogP contribution in [0, 0.1) is 5.92 Å². The minimum absolute atomic E-state index is 0.0560. The van der Waals surface area contributed by atoms with E-state index in [0.29, 0.717) is 38.4 Å². The SMILES string of the molecule is C[C@@H]1COCCN1c1cc(=O)n2c(n1)N(C[C@@H](F)C1CC1)C(C(F)(F)F)CC2. The van der Waals surface area contributed by atoms with Crippen molar-refractivity contribution in [2.45, 2.75) is 57.2 Å². The third-order valence-corrected chi connectivity index (χ3v) is 5.78. The molecule has 0 N–H and O–H groups in total. The highest BCUT2D eigenvalue weighted by Gasteiger charge is 2.48. The first kappa shape index (κ1) is 19.5. The molecule has 6 nitrogen and oxygen atoms in total. The summed E-state index contributed by atoms with van der Waals surface area (Å²) in [5.41, 5.74) is -0.411. The largest absolute Gasteiger partial charge is 0.408 e. The summed E-state index contributed by atoms with van der Waals surface area (Å²) in [4.78, 5) is 19.9. The van der Waals surface area contributed by atoms with Crippen LogP contribution in [-0.4, -0.2) is 60.3 Å². The maximum atomic E-state index is 14.5. The molecule has 1 unspecified atom stereocenters. The number of hydrogen-bond donors (Lipinski definition) is 0. The molecule has 1 aliphatic carbocycles. The molecule has 156 valence electrons. The predicted molar refractivity (Wildman–Crippen MR) is 95.6 cm³/mol. The summed E-state index contributed by atoms with van der Waals surface area (Å²) in [5.74, 6) is 0.0400. The minimum Gasteiger partial charge on any atom is -0.377 e. The van der Waals surface area contributed by atoms with Crippen molar-refractivity contribution in [3.63, 3.8) is 0 Å². The lowest BCUT2D eigenvalue weighted by molar-refractivity contribution is -0.153. The minimum atomic E-state index is -4.52. The van der Waals surface area contributed by atoms with E-state index in [1.165, 1.54) is 10.6 Å². The van der Waals surface area contributed by atoms with Gasteiger partial charge in [-0.3, -0.25) is 9.36 Å². The number of alkyl halides is 4. The molecular formula is C18H24F4N4O2. The van der Waals surface area contributed by atoms with Crippen molar-refractivity contribution in [2.24, 2.45) is 5.92 Å². The maximum absolute atomic E-state index is 14.5. The van der Waals surface area contributed by atoms with Crippen molar-refractivity contribution >= 4 is 11.8 Å². The molecule has 0 amide bonds. The van der Waals surface area contributed by atoms with E-state index in [9.17, 15) is 22.4 Å². The van der Waals surface area contributed by atoms with Gasteiger partial charge in [0.25, 0.3) is 5.56 Å². The molecule has 1 saturated carbocycles. The molecule has 1 aromatic heterocycles. The Balaban J connectivity index is 1.73. The highest BCUT2D eigenvalue weighted by Crippen LogP contribution is 2.39. The van der Waals surface area contributed by atoms with E-state index in [1.807, 2.05) is 11.8 Å². The van der Waals surface area contributed by atoms with Gasteiger partial charge in [0.1, 0.15) is 18.0 Å². The lowest BCUT2D eigenvalue weighted by Gasteiger charge is -2.41. The summed E-state index contributed by atoms with van der Waals surface area (Å²) >= 11 is 0. The second-order valence-corrected chi connectivity index (χ2v) is 7.87. The molecular weight excluding hydrogens is 380 g/mol. The van der Waals surface area contributed by atoms with Gasteiger partial charge >= 0.3 is 6.18 Å². The number of aromatic nitrogens is 2. The van der Waals surface area contributed by atoms with E-state index in [1.54, 1.807) is 0 Å². The van der Waals surface area contributed by atoms with Crippen LogP contribution >= 0.6 is 0 Å². The van der Waals surface area contributed by atoms with E-state index in [2.05, 4.69) is 4.98 Å². The highest BCUT2D eigenvalue weighted by molar-refractivity contribution is 5.47. The van der Waals surface area contributed by atoms with E-state index in [-0.39, 0.29) is 30.9 Å². The Morgan fingerprint density at radius 3 is 2.68 bits per heavy atom. The Morgan fingerprint density at radius 1 is 1.29 bits per heavy atom. The van der Waals surface area contributed by atoms with Crippen LogP contribution in [0.15, 0.2) is 10.9 Å². The van der Waals surface area contributed by atoms with E-state index < -0.39 is 30.5 Å². The van der Waals surface area contributed by atoms with Crippen LogP contribution < -0.4 is 15.4 Å². The van der Waals surface area contributed by atoms with Gasteiger partial charge < -0.3 is 14.5 Å². The maximum Gasteiger partial charge on any atom is 0.408 e. The van der Waals surface area contributed by atoms with Crippen LogP contribution in [0.4, 0.5) is 29.3 Å². The summed E-state index contributed by atoms with van der Waals surface area (Å²) in [6.45, 7) is 2.81. The Kier molecular flexibility index (Phi) is 5.01. The first-order valence-electron chi connectivity index (χ1n) is 9.69. The quantitative estimate of drug-likeness (QED) is 0.722. The number of morpholine rings is 1.